The molecule has 2 heterocycles. The van der Waals surface area contributed by atoms with Gasteiger partial charge in [-0.05, 0) is 18.2 Å². The zero-order chi connectivity index (χ0) is 10.1. The molecule has 1 aromatic carbocycles. The average Bonchev–Trinajstić information content (AvgIpc) is 2.74. The van der Waals surface area contributed by atoms with Crippen LogP contribution >= 0.6 is 11.3 Å². The Morgan fingerprint density at radius 1 is 1.07 bits per heavy atom. The molecule has 0 N–H and O–H groups in total. The van der Waals surface area contributed by atoms with Gasteiger partial charge in [0.25, 0.3) is 0 Å². The number of para-hydroxylation sites is 1. The first-order valence-corrected chi connectivity index (χ1v) is 5.37. The fraction of sp³-hybridized carbons (Fsp3) is 0. The molecule has 0 amide bonds. The summed E-state index contributed by atoms with van der Waals surface area (Å²) in [6.45, 7) is 0. The molecule has 2 aromatic heterocycles. The van der Waals surface area contributed by atoms with Gasteiger partial charge in [-0.15, -0.1) is 11.3 Å². The van der Waals surface area contributed by atoms with Crippen molar-refractivity contribution in [2.45, 2.75) is 0 Å². The van der Waals surface area contributed by atoms with Crippen LogP contribution in [0.15, 0.2) is 42.9 Å². The second-order valence-corrected chi connectivity index (χ2v) is 4.11. The minimum absolute atomic E-state index is 0.881. The predicted molar refractivity (Wildman–Crippen MR) is 60.6 cm³/mol. The van der Waals surface area contributed by atoms with Gasteiger partial charge in [0.05, 0.1) is 10.2 Å². The summed E-state index contributed by atoms with van der Waals surface area (Å²) in [5, 5.41) is 0.943. The molecule has 3 nitrogen and oxygen atoms in total. The van der Waals surface area contributed by atoms with E-state index in [9.17, 15) is 0 Å². The Morgan fingerprint density at radius 3 is 2.80 bits per heavy atom. The van der Waals surface area contributed by atoms with E-state index in [4.69, 9.17) is 0 Å². The average molecular weight is 213 g/mol. The van der Waals surface area contributed by atoms with E-state index in [1.54, 1.807) is 23.9 Å². The number of benzene rings is 1. The molecule has 3 rings (SSSR count). The van der Waals surface area contributed by atoms with Crippen LogP contribution in [0.1, 0.15) is 0 Å². The van der Waals surface area contributed by atoms with Gasteiger partial charge < -0.3 is 0 Å². The molecular weight excluding hydrogens is 206 g/mol. The zero-order valence-corrected chi connectivity index (χ0v) is 8.61. The molecule has 3 aromatic rings. The Labute approximate surface area is 90.5 Å². The quantitative estimate of drug-likeness (QED) is 0.624. The van der Waals surface area contributed by atoms with Crippen molar-refractivity contribution < 1.29 is 0 Å². The lowest BCUT2D eigenvalue weighted by Gasteiger charge is -1.90. The van der Waals surface area contributed by atoms with Gasteiger partial charge in [0, 0.05) is 6.20 Å². The molecule has 0 aliphatic carbocycles. The Bertz CT molecular complexity index is 556. The molecule has 0 aliphatic rings. The van der Waals surface area contributed by atoms with E-state index in [1.165, 1.54) is 4.70 Å². The van der Waals surface area contributed by atoms with Gasteiger partial charge in [0.1, 0.15) is 17.0 Å². The van der Waals surface area contributed by atoms with Crippen LogP contribution in [-0.2, 0) is 0 Å². The van der Waals surface area contributed by atoms with E-state index in [1.807, 2.05) is 24.3 Å². The smallest absolute Gasteiger partial charge is 0.143 e. The molecule has 4 heteroatoms. The van der Waals surface area contributed by atoms with Gasteiger partial charge in [-0.2, -0.15) is 0 Å². The highest BCUT2D eigenvalue weighted by atomic mass is 32.1. The fourth-order valence-electron chi connectivity index (χ4n) is 1.40. The van der Waals surface area contributed by atoms with Crippen LogP contribution in [0.4, 0.5) is 0 Å². The van der Waals surface area contributed by atoms with Gasteiger partial charge in [0.15, 0.2) is 0 Å². The summed E-state index contributed by atoms with van der Waals surface area (Å²) in [4.78, 5) is 12.6. The number of fused-ring (bicyclic) bond motifs is 1. The maximum absolute atomic E-state index is 4.51. The standard InChI is InChI=1S/C11H7N3S/c1-2-4-10-8(3-1)14-11(15-10)9-5-6-12-7-13-9/h1-7H. The van der Waals surface area contributed by atoms with Crippen LogP contribution in [0.3, 0.4) is 0 Å². The third-order valence-electron chi connectivity index (χ3n) is 2.09. The molecule has 0 saturated heterocycles. The van der Waals surface area contributed by atoms with Gasteiger partial charge in [-0.25, -0.2) is 15.0 Å². The number of hydrogen-bond acceptors (Lipinski definition) is 4. The van der Waals surface area contributed by atoms with Crippen LogP contribution in [0.5, 0.6) is 0 Å². The molecule has 0 fully saturated rings. The van der Waals surface area contributed by atoms with Gasteiger partial charge in [-0.3, -0.25) is 0 Å². The monoisotopic (exact) mass is 213 g/mol. The highest BCUT2D eigenvalue weighted by Crippen LogP contribution is 2.27. The molecule has 0 bridgehead atoms. The maximum atomic E-state index is 4.51. The third-order valence-corrected chi connectivity index (χ3v) is 3.15. The molecule has 0 saturated carbocycles. The van der Waals surface area contributed by atoms with E-state index >= 15 is 0 Å². The molecule has 15 heavy (non-hydrogen) atoms. The van der Waals surface area contributed by atoms with Crippen LogP contribution in [-0.4, -0.2) is 15.0 Å². The zero-order valence-electron chi connectivity index (χ0n) is 7.79. The van der Waals surface area contributed by atoms with E-state index < -0.39 is 0 Å². The minimum Gasteiger partial charge on any atom is -0.245 e. The van der Waals surface area contributed by atoms with Crippen LogP contribution in [0.2, 0.25) is 0 Å². The summed E-state index contributed by atoms with van der Waals surface area (Å²) < 4.78 is 1.19. The minimum atomic E-state index is 0.881. The number of thiazole rings is 1. The first-order valence-electron chi connectivity index (χ1n) is 4.55. The van der Waals surface area contributed by atoms with Crippen molar-refractivity contribution in [3.8, 4) is 10.7 Å². The highest BCUT2D eigenvalue weighted by molar-refractivity contribution is 7.21. The topological polar surface area (TPSA) is 38.7 Å². The van der Waals surface area contributed by atoms with Crippen molar-refractivity contribution in [2.24, 2.45) is 0 Å². The number of aromatic nitrogens is 3. The Morgan fingerprint density at radius 2 is 2.00 bits per heavy atom. The fourth-order valence-corrected chi connectivity index (χ4v) is 2.34. The van der Waals surface area contributed by atoms with Crippen molar-refractivity contribution in [1.82, 2.24) is 15.0 Å². The van der Waals surface area contributed by atoms with Crippen LogP contribution in [0.25, 0.3) is 20.9 Å². The SMILES string of the molecule is c1ccc2sc(-c3ccncn3)nc2c1. The molecule has 0 unspecified atom stereocenters. The first-order chi connectivity index (χ1) is 7.43. The second kappa shape index (κ2) is 3.40. The lowest BCUT2D eigenvalue weighted by atomic mass is 10.3. The molecule has 0 atom stereocenters. The van der Waals surface area contributed by atoms with Crippen LogP contribution < -0.4 is 0 Å². The molecule has 72 valence electrons. The normalized spacial score (nSPS) is 10.7. The van der Waals surface area contributed by atoms with Crippen molar-refractivity contribution in [2.75, 3.05) is 0 Å². The van der Waals surface area contributed by atoms with Crippen molar-refractivity contribution in [1.29, 1.82) is 0 Å². The summed E-state index contributed by atoms with van der Waals surface area (Å²) in [7, 11) is 0. The molecule has 0 aliphatic heterocycles. The van der Waals surface area contributed by atoms with E-state index in [0.717, 1.165) is 16.2 Å². The van der Waals surface area contributed by atoms with E-state index in [-0.39, 0.29) is 0 Å². The summed E-state index contributed by atoms with van der Waals surface area (Å²) >= 11 is 1.65. The first kappa shape index (κ1) is 8.49. The van der Waals surface area contributed by atoms with Crippen molar-refractivity contribution in [3.63, 3.8) is 0 Å². The largest absolute Gasteiger partial charge is 0.245 e. The van der Waals surface area contributed by atoms with E-state index in [2.05, 4.69) is 21.0 Å². The maximum Gasteiger partial charge on any atom is 0.143 e. The molecular formula is C11H7N3S. The van der Waals surface area contributed by atoms with E-state index in [0.29, 0.717) is 0 Å². The highest BCUT2D eigenvalue weighted by Gasteiger charge is 2.05. The summed E-state index contributed by atoms with van der Waals surface area (Å²) in [6, 6.07) is 9.96. The Hall–Kier alpha value is -1.81. The summed E-state index contributed by atoms with van der Waals surface area (Å²) in [5.74, 6) is 0. The lowest BCUT2D eigenvalue weighted by molar-refractivity contribution is 1.17. The Balaban J connectivity index is 2.21. The molecule has 0 spiro atoms. The number of nitrogens with zero attached hydrogens (tertiary/aromatic N) is 3. The lowest BCUT2D eigenvalue weighted by Crippen LogP contribution is -1.81. The van der Waals surface area contributed by atoms with Crippen molar-refractivity contribution >= 4 is 21.6 Å². The van der Waals surface area contributed by atoms with Crippen molar-refractivity contribution in [3.05, 3.63) is 42.9 Å². The second-order valence-electron chi connectivity index (χ2n) is 3.08. The van der Waals surface area contributed by atoms with Gasteiger partial charge >= 0.3 is 0 Å². The number of hydrogen-bond donors (Lipinski definition) is 0. The van der Waals surface area contributed by atoms with Crippen LogP contribution in [0, 0.1) is 0 Å². The third kappa shape index (κ3) is 1.49. The molecule has 0 radical (unpaired) electrons. The summed E-state index contributed by atoms with van der Waals surface area (Å²) in [5.41, 5.74) is 1.90. The predicted octanol–water partition coefficient (Wildman–Crippen LogP) is 2.75. The van der Waals surface area contributed by atoms with Gasteiger partial charge in [-0.1, -0.05) is 12.1 Å². The van der Waals surface area contributed by atoms with Gasteiger partial charge in [0.2, 0.25) is 0 Å². The summed E-state index contributed by atoms with van der Waals surface area (Å²) in [6.07, 6.45) is 3.27. The number of rotatable bonds is 1. The Kier molecular flexibility index (Phi) is 1.93.